The standard InChI is InChI=1S/C15H23N3O/c1-3-7-15(8-4-9-17-12-15)14(19)18(2)13-5-10-16-11-6-13/h5-6,10-11,17H,3-4,7-9,12H2,1-2H3. The number of piperidine rings is 1. The number of rotatable bonds is 4. The lowest BCUT2D eigenvalue weighted by Crippen LogP contribution is -2.51. The van der Waals surface area contributed by atoms with Crippen molar-refractivity contribution in [2.24, 2.45) is 5.41 Å². The Morgan fingerprint density at radius 3 is 2.79 bits per heavy atom. The molecule has 1 amide bonds. The molecule has 2 heterocycles. The van der Waals surface area contributed by atoms with E-state index in [1.807, 2.05) is 19.2 Å². The molecule has 0 radical (unpaired) electrons. The molecule has 1 aromatic heterocycles. The summed E-state index contributed by atoms with van der Waals surface area (Å²) < 4.78 is 0. The Labute approximate surface area is 115 Å². The summed E-state index contributed by atoms with van der Waals surface area (Å²) in [5.74, 6) is 0.229. The smallest absolute Gasteiger partial charge is 0.234 e. The van der Waals surface area contributed by atoms with Crippen LogP contribution in [0, 0.1) is 5.41 Å². The van der Waals surface area contributed by atoms with Crippen molar-refractivity contribution in [1.82, 2.24) is 10.3 Å². The molecule has 0 aliphatic carbocycles. The molecule has 0 aromatic carbocycles. The summed E-state index contributed by atoms with van der Waals surface area (Å²) >= 11 is 0. The first-order chi connectivity index (χ1) is 9.19. The number of carbonyl (C=O) groups is 1. The molecular weight excluding hydrogens is 238 g/mol. The molecule has 4 nitrogen and oxygen atoms in total. The largest absolute Gasteiger partial charge is 0.316 e. The third-order valence-corrected chi connectivity index (χ3v) is 4.01. The molecule has 0 saturated carbocycles. The van der Waals surface area contributed by atoms with Crippen molar-refractivity contribution in [2.45, 2.75) is 32.6 Å². The number of hydrogen-bond acceptors (Lipinski definition) is 3. The summed E-state index contributed by atoms with van der Waals surface area (Å²) in [6.07, 6.45) is 7.51. The van der Waals surface area contributed by atoms with Crippen LogP contribution in [-0.4, -0.2) is 31.0 Å². The normalized spacial score (nSPS) is 23.1. The highest BCUT2D eigenvalue weighted by Crippen LogP contribution is 2.34. The fourth-order valence-electron chi connectivity index (χ4n) is 2.99. The number of hydrogen-bond donors (Lipinski definition) is 1. The van der Waals surface area contributed by atoms with Gasteiger partial charge < -0.3 is 10.2 Å². The van der Waals surface area contributed by atoms with E-state index in [2.05, 4.69) is 17.2 Å². The quantitative estimate of drug-likeness (QED) is 0.904. The van der Waals surface area contributed by atoms with Crippen LogP contribution >= 0.6 is 0 Å². The van der Waals surface area contributed by atoms with E-state index in [-0.39, 0.29) is 11.3 Å². The van der Waals surface area contributed by atoms with Crippen LogP contribution in [-0.2, 0) is 4.79 Å². The Kier molecular flexibility index (Phi) is 4.53. The van der Waals surface area contributed by atoms with Crippen LogP contribution in [0.3, 0.4) is 0 Å². The number of pyridine rings is 1. The molecule has 19 heavy (non-hydrogen) atoms. The third kappa shape index (κ3) is 2.95. The van der Waals surface area contributed by atoms with Gasteiger partial charge in [-0.05, 0) is 37.9 Å². The summed E-state index contributed by atoms with van der Waals surface area (Å²) in [5, 5.41) is 3.39. The van der Waals surface area contributed by atoms with Gasteiger partial charge in [-0.25, -0.2) is 0 Å². The predicted molar refractivity (Wildman–Crippen MR) is 77.1 cm³/mol. The van der Waals surface area contributed by atoms with Gasteiger partial charge in [-0.1, -0.05) is 13.3 Å². The second kappa shape index (κ2) is 6.15. The maximum absolute atomic E-state index is 12.9. The van der Waals surface area contributed by atoms with Gasteiger partial charge in [-0.3, -0.25) is 9.78 Å². The van der Waals surface area contributed by atoms with Gasteiger partial charge in [0, 0.05) is 31.7 Å². The number of carbonyl (C=O) groups excluding carboxylic acids is 1. The molecule has 1 atom stereocenters. The molecule has 1 aromatic rings. The molecule has 104 valence electrons. The van der Waals surface area contributed by atoms with Crippen LogP contribution in [0.4, 0.5) is 5.69 Å². The zero-order valence-electron chi connectivity index (χ0n) is 11.9. The van der Waals surface area contributed by atoms with Crippen molar-refractivity contribution in [3.63, 3.8) is 0 Å². The molecule has 1 aliphatic heterocycles. The molecule has 1 fully saturated rings. The van der Waals surface area contributed by atoms with Gasteiger partial charge in [0.05, 0.1) is 5.41 Å². The molecule has 1 aliphatic rings. The van der Waals surface area contributed by atoms with Crippen LogP contribution in [0.15, 0.2) is 24.5 Å². The summed E-state index contributed by atoms with van der Waals surface area (Å²) in [7, 11) is 1.86. The van der Waals surface area contributed by atoms with Gasteiger partial charge in [-0.2, -0.15) is 0 Å². The minimum absolute atomic E-state index is 0.229. The zero-order chi connectivity index (χ0) is 13.7. The number of anilines is 1. The fraction of sp³-hybridized carbons (Fsp3) is 0.600. The maximum atomic E-state index is 12.9. The highest BCUT2D eigenvalue weighted by molar-refractivity contribution is 5.97. The lowest BCUT2D eigenvalue weighted by Gasteiger charge is -2.39. The van der Waals surface area contributed by atoms with Gasteiger partial charge in [0.2, 0.25) is 5.91 Å². The van der Waals surface area contributed by atoms with Gasteiger partial charge in [-0.15, -0.1) is 0 Å². The number of nitrogens with zero attached hydrogens (tertiary/aromatic N) is 2. The SMILES string of the molecule is CCCC1(C(=O)N(C)c2ccncc2)CCCNC1. The van der Waals surface area contributed by atoms with Gasteiger partial charge in [0.1, 0.15) is 0 Å². The molecule has 1 unspecified atom stereocenters. The Morgan fingerprint density at radius 1 is 1.47 bits per heavy atom. The van der Waals surface area contributed by atoms with Crippen molar-refractivity contribution >= 4 is 11.6 Å². The molecule has 4 heteroatoms. The average Bonchev–Trinajstić information content (AvgIpc) is 2.48. The van der Waals surface area contributed by atoms with E-state index in [9.17, 15) is 4.79 Å². The first-order valence-electron chi connectivity index (χ1n) is 7.08. The second-order valence-electron chi connectivity index (χ2n) is 5.38. The minimum Gasteiger partial charge on any atom is -0.316 e. The van der Waals surface area contributed by atoms with Gasteiger partial charge in [0.25, 0.3) is 0 Å². The lowest BCUT2D eigenvalue weighted by atomic mass is 9.75. The molecule has 1 saturated heterocycles. The molecule has 2 rings (SSSR count). The van der Waals surface area contributed by atoms with Crippen LogP contribution < -0.4 is 10.2 Å². The lowest BCUT2D eigenvalue weighted by molar-refractivity contribution is -0.129. The van der Waals surface area contributed by atoms with E-state index in [1.54, 1.807) is 17.3 Å². The van der Waals surface area contributed by atoms with Gasteiger partial charge in [0.15, 0.2) is 0 Å². The third-order valence-electron chi connectivity index (χ3n) is 4.01. The van der Waals surface area contributed by atoms with Crippen molar-refractivity contribution in [3.05, 3.63) is 24.5 Å². The van der Waals surface area contributed by atoms with E-state index in [1.165, 1.54) is 0 Å². The van der Waals surface area contributed by atoms with Crippen LogP contribution in [0.2, 0.25) is 0 Å². The Morgan fingerprint density at radius 2 is 2.21 bits per heavy atom. The number of nitrogens with one attached hydrogen (secondary N) is 1. The van der Waals surface area contributed by atoms with Crippen molar-refractivity contribution < 1.29 is 4.79 Å². The average molecular weight is 261 g/mol. The van der Waals surface area contributed by atoms with E-state index in [4.69, 9.17) is 0 Å². The summed E-state index contributed by atoms with van der Waals surface area (Å²) in [4.78, 5) is 18.7. The van der Waals surface area contributed by atoms with Crippen molar-refractivity contribution in [2.75, 3.05) is 25.0 Å². The monoisotopic (exact) mass is 261 g/mol. The Bertz CT molecular complexity index is 407. The van der Waals surface area contributed by atoms with Crippen molar-refractivity contribution in [3.8, 4) is 0 Å². The zero-order valence-corrected chi connectivity index (χ0v) is 11.9. The molecule has 1 N–H and O–H groups in total. The van der Waals surface area contributed by atoms with Crippen molar-refractivity contribution in [1.29, 1.82) is 0 Å². The summed E-state index contributed by atoms with van der Waals surface area (Å²) in [6.45, 7) is 3.98. The highest BCUT2D eigenvalue weighted by Gasteiger charge is 2.40. The maximum Gasteiger partial charge on any atom is 0.234 e. The van der Waals surface area contributed by atoms with E-state index < -0.39 is 0 Å². The fourth-order valence-corrected chi connectivity index (χ4v) is 2.99. The number of amides is 1. The van der Waals surface area contributed by atoms with Crippen LogP contribution in [0.1, 0.15) is 32.6 Å². The van der Waals surface area contributed by atoms with Crippen LogP contribution in [0.5, 0.6) is 0 Å². The first kappa shape index (κ1) is 14.0. The summed E-state index contributed by atoms with van der Waals surface area (Å²) in [5.41, 5.74) is 0.687. The van der Waals surface area contributed by atoms with Crippen LogP contribution in [0.25, 0.3) is 0 Å². The molecule has 0 spiro atoms. The Hall–Kier alpha value is -1.42. The van der Waals surface area contributed by atoms with Gasteiger partial charge >= 0.3 is 0 Å². The molecule has 0 bridgehead atoms. The highest BCUT2D eigenvalue weighted by atomic mass is 16.2. The Balaban J connectivity index is 2.19. The topological polar surface area (TPSA) is 45.2 Å². The van der Waals surface area contributed by atoms with E-state index >= 15 is 0 Å². The predicted octanol–water partition coefficient (Wildman–Crippen LogP) is 2.21. The first-order valence-corrected chi connectivity index (χ1v) is 7.08. The molecular formula is C15H23N3O. The second-order valence-corrected chi connectivity index (χ2v) is 5.38. The number of aromatic nitrogens is 1. The minimum atomic E-state index is -0.231. The van der Waals surface area contributed by atoms with E-state index in [0.717, 1.165) is 44.5 Å². The van der Waals surface area contributed by atoms with E-state index in [0.29, 0.717) is 0 Å². The summed E-state index contributed by atoms with van der Waals surface area (Å²) in [6, 6.07) is 3.77.